The average molecular weight is 272 g/mol. The molecule has 18 heavy (non-hydrogen) atoms. The lowest BCUT2D eigenvalue weighted by molar-refractivity contribution is -0.138. The third-order valence-electron chi connectivity index (χ3n) is 2.50. The van der Waals surface area contributed by atoms with Gasteiger partial charge < -0.3 is 5.73 Å². The first-order chi connectivity index (χ1) is 8.39. The van der Waals surface area contributed by atoms with Crippen molar-refractivity contribution in [2.45, 2.75) is 19.1 Å². The molecule has 0 aliphatic carbocycles. The molecule has 0 bridgehead atoms. The third kappa shape index (κ3) is 2.54. The topological polar surface area (TPSA) is 38.9 Å². The predicted octanol–water partition coefficient (Wildman–Crippen LogP) is 3.52. The molecule has 1 aromatic heterocycles. The van der Waals surface area contributed by atoms with Crippen molar-refractivity contribution in [2.75, 3.05) is 0 Å². The van der Waals surface area contributed by atoms with E-state index in [1.165, 1.54) is 23.5 Å². The number of hydrogen-bond acceptors (Lipinski definition) is 3. The van der Waals surface area contributed by atoms with Gasteiger partial charge in [-0.3, -0.25) is 0 Å². The van der Waals surface area contributed by atoms with Crippen molar-refractivity contribution in [3.8, 4) is 0 Å². The minimum atomic E-state index is -4.40. The molecule has 1 aromatic carbocycles. The number of alkyl halides is 3. The van der Waals surface area contributed by atoms with Crippen molar-refractivity contribution in [3.63, 3.8) is 0 Å². The molecule has 2 nitrogen and oxygen atoms in total. The summed E-state index contributed by atoms with van der Waals surface area (Å²) in [5, 5.41) is 2.26. The highest BCUT2D eigenvalue weighted by atomic mass is 32.1. The van der Waals surface area contributed by atoms with E-state index in [4.69, 9.17) is 5.73 Å². The molecule has 0 spiro atoms. The largest absolute Gasteiger partial charge is 0.416 e. The zero-order chi connectivity index (χ0) is 13.3. The fourth-order valence-corrected chi connectivity index (χ4v) is 2.49. The summed E-state index contributed by atoms with van der Waals surface area (Å²) in [6.07, 6.45) is -4.40. The molecule has 2 aromatic rings. The molecule has 2 rings (SSSR count). The molecular formula is C12H11F3N2S. The van der Waals surface area contributed by atoms with Crippen LogP contribution in [-0.4, -0.2) is 4.98 Å². The van der Waals surface area contributed by atoms with Crippen LogP contribution in [-0.2, 0) is 6.18 Å². The molecule has 6 heteroatoms. The van der Waals surface area contributed by atoms with E-state index in [9.17, 15) is 13.2 Å². The summed E-state index contributed by atoms with van der Waals surface area (Å²) in [4.78, 5) is 4.14. The van der Waals surface area contributed by atoms with E-state index in [-0.39, 0.29) is 5.56 Å². The maximum Gasteiger partial charge on any atom is 0.416 e. The Hall–Kier alpha value is -1.40. The molecule has 0 saturated carbocycles. The summed E-state index contributed by atoms with van der Waals surface area (Å²) in [6, 6.07) is 4.48. The minimum Gasteiger partial charge on any atom is -0.318 e. The van der Waals surface area contributed by atoms with Gasteiger partial charge in [-0.25, -0.2) is 4.98 Å². The third-order valence-corrected chi connectivity index (χ3v) is 3.55. The lowest BCUT2D eigenvalue weighted by Crippen LogP contribution is -2.18. The Morgan fingerprint density at radius 1 is 1.28 bits per heavy atom. The number of rotatable bonds is 2. The SMILES string of the molecule is Cc1csc(C(N)c2ccccc2C(F)(F)F)n1. The average Bonchev–Trinajstić information content (AvgIpc) is 2.74. The Balaban J connectivity index is 2.45. The summed E-state index contributed by atoms with van der Waals surface area (Å²) in [6.45, 7) is 1.78. The lowest BCUT2D eigenvalue weighted by Gasteiger charge is -2.16. The number of nitrogens with two attached hydrogens (primary N) is 1. The summed E-state index contributed by atoms with van der Waals surface area (Å²) in [5.74, 6) is 0. The van der Waals surface area contributed by atoms with Crippen molar-refractivity contribution >= 4 is 11.3 Å². The van der Waals surface area contributed by atoms with Crippen LogP contribution < -0.4 is 5.73 Å². The Labute approximate surface area is 106 Å². The van der Waals surface area contributed by atoms with Gasteiger partial charge in [0.1, 0.15) is 5.01 Å². The highest BCUT2D eigenvalue weighted by Crippen LogP contribution is 2.36. The van der Waals surface area contributed by atoms with Gasteiger partial charge in [-0.1, -0.05) is 18.2 Å². The standard InChI is InChI=1S/C12H11F3N2S/c1-7-6-18-11(17-7)10(16)8-4-2-3-5-9(8)12(13,14)15/h2-6,10H,16H2,1H3. The molecule has 0 amide bonds. The second-order valence-corrected chi connectivity index (χ2v) is 4.78. The molecule has 1 atom stereocenters. The van der Waals surface area contributed by atoms with Crippen molar-refractivity contribution in [1.29, 1.82) is 0 Å². The first kappa shape index (κ1) is 13.0. The second-order valence-electron chi connectivity index (χ2n) is 3.89. The Morgan fingerprint density at radius 2 is 1.94 bits per heavy atom. The van der Waals surface area contributed by atoms with E-state index in [1.807, 2.05) is 0 Å². The molecule has 0 fully saturated rings. The lowest BCUT2D eigenvalue weighted by atomic mass is 10.0. The molecule has 96 valence electrons. The molecular weight excluding hydrogens is 261 g/mol. The first-order valence-electron chi connectivity index (χ1n) is 5.23. The molecule has 0 aliphatic rings. The van der Waals surface area contributed by atoms with Gasteiger partial charge in [-0.05, 0) is 18.6 Å². The molecule has 1 heterocycles. The summed E-state index contributed by atoms with van der Waals surface area (Å²) in [7, 11) is 0. The smallest absolute Gasteiger partial charge is 0.318 e. The van der Waals surface area contributed by atoms with Gasteiger partial charge >= 0.3 is 6.18 Å². The van der Waals surface area contributed by atoms with Crippen LogP contribution in [0.2, 0.25) is 0 Å². The number of benzene rings is 1. The maximum atomic E-state index is 12.9. The van der Waals surface area contributed by atoms with E-state index >= 15 is 0 Å². The van der Waals surface area contributed by atoms with Gasteiger partial charge in [-0.2, -0.15) is 13.2 Å². The van der Waals surface area contributed by atoms with Crippen LogP contribution in [0.3, 0.4) is 0 Å². The number of nitrogens with zero attached hydrogens (tertiary/aromatic N) is 1. The predicted molar refractivity (Wildman–Crippen MR) is 64.3 cm³/mol. The van der Waals surface area contributed by atoms with Gasteiger partial charge in [0.2, 0.25) is 0 Å². The number of halogens is 3. The minimum absolute atomic E-state index is 0.0550. The molecule has 1 unspecified atom stereocenters. The van der Waals surface area contributed by atoms with Crippen LogP contribution in [0.4, 0.5) is 13.2 Å². The number of hydrogen-bond donors (Lipinski definition) is 1. The van der Waals surface area contributed by atoms with Gasteiger partial charge in [0, 0.05) is 11.1 Å². The first-order valence-corrected chi connectivity index (χ1v) is 6.11. The quantitative estimate of drug-likeness (QED) is 0.908. The monoisotopic (exact) mass is 272 g/mol. The van der Waals surface area contributed by atoms with Crippen molar-refractivity contribution in [3.05, 3.63) is 51.5 Å². The van der Waals surface area contributed by atoms with Gasteiger partial charge in [0.05, 0.1) is 11.6 Å². The highest BCUT2D eigenvalue weighted by molar-refractivity contribution is 7.09. The van der Waals surface area contributed by atoms with Crippen LogP contribution in [0.5, 0.6) is 0 Å². The molecule has 0 radical (unpaired) electrons. The summed E-state index contributed by atoms with van der Waals surface area (Å²) in [5.41, 5.74) is 5.99. The van der Waals surface area contributed by atoms with Crippen molar-refractivity contribution in [1.82, 2.24) is 4.98 Å². The van der Waals surface area contributed by atoms with Gasteiger partial charge in [0.15, 0.2) is 0 Å². The van der Waals surface area contributed by atoms with E-state index in [2.05, 4.69) is 4.98 Å². The second kappa shape index (κ2) is 4.70. The van der Waals surface area contributed by atoms with Crippen LogP contribution in [0, 0.1) is 6.92 Å². The van der Waals surface area contributed by atoms with Gasteiger partial charge in [-0.15, -0.1) is 11.3 Å². The van der Waals surface area contributed by atoms with Gasteiger partial charge in [0.25, 0.3) is 0 Å². The molecule has 0 saturated heterocycles. The summed E-state index contributed by atoms with van der Waals surface area (Å²) >= 11 is 1.27. The van der Waals surface area contributed by atoms with Crippen LogP contribution in [0.25, 0.3) is 0 Å². The zero-order valence-corrected chi connectivity index (χ0v) is 10.3. The highest BCUT2D eigenvalue weighted by Gasteiger charge is 2.34. The van der Waals surface area contributed by atoms with Crippen LogP contribution in [0.1, 0.15) is 27.9 Å². The molecule has 2 N–H and O–H groups in total. The van der Waals surface area contributed by atoms with E-state index < -0.39 is 17.8 Å². The van der Waals surface area contributed by atoms with Crippen LogP contribution in [0.15, 0.2) is 29.6 Å². The normalized spacial score (nSPS) is 13.6. The Morgan fingerprint density at radius 3 is 2.50 bits per heavy atom. The van der Waals surface area contributed by atoms with E-state index in [1.54, 1.807) is 18.4 Å². The Kier molecular flexibility index (Phi) is 3.41. The number of thiazole rings is 1. The number of aryl methyl sites for hydroxylation is 1. The van der Waals surface area contributed by atoms with Crippen molar-refractivity contribution in [2.24, 2.45) is 5.73 Å². The fraction of sp³-hybridized carbons (Fsp3) is 0.250. The van der Waals surface area contributed by atoms with Crippen LogP contribution >= 0.6 is 11.3 Å². The number of aromatic nitrogens is 1. The van der Waals surface area contributed by atoms with E-state index in [0.717, 1.165) is 11.8 Å². The molecule has 0 aliphatic heterocycles. The summed E-state index contributed by atoms with van der Waals surface area (Å²) < 4.78 is 38.6. The maximum absolute atomic E-state index is 12.9. The fourth-order valence-electron chi connectivity index (χ4n) is 1.67. The van der Waals surface area contributed by atoms with E-state index in [0.29, 0.717) is 5.01 Å². The zero-order valence-electron chi connectivity index (χ0n) is 9.53. The van der Waals surface area contributed by atoms with Crippen molar-refractivity contribution < 1.29 is 13.2 Å². The Bertz CT molecular complexity index is 548.